The van der Waals surface area contributed by atoms with Gasteiger partial charge in [0.1, 0.15) is 11.6 Å². The van der Waals surface area contributed by atoms with E-state index in [1.54, 1.807) is 0 Å². The SMILES string of the molecule is CNc1cc(NCCCCC(N)=O)nc(SC)n1. The van der Waals surface area contributed by atoms with Crippen molar-refractivity contribution in [3.05, 3.63) is 6.07 Å². The molecule has 0 bridgehead atoms. The molecule has 0 saturated carbocycles. The van der Waals surface area contributed by atoms with Crippen molar-refractivity contribution in [1.82, 2.24) is 9.97 Å². The fourth-order valence-electron chi connectivity index (χ4n) is 1.38. The fourth-order valence-corrected chi connectivity index (χ4v) is 1.76. The summed E-state index contributed by atoms with van der Waals surface area (Å²) in [6.45, 7) is 0.765. The Hall–Kier alpha value is -1.50. The lowest BCUT2D eigenvalue weighted by atomic mass is 10.2. The third kappa shape index (κ3) is 5.22. The van der Waals surface area contributed by atoms with Crippen molar-refractivity contribution in [2.24, 2.45) is 5.73 Å². The maximum atomic E-state index is 10.6. The first-order valence-electron chi connectivity index (χ1n) is 5.78. The second kappa shape index (κ2) is 7.75. The molecule has 0 spiro atoms. The molecule has 0 aliphatic heterocycles. The maximum Gasteiger partial charge on any atom is 0.217 e. The Kier molecular flexibility index (Phi) is 6.27. The van der Waals surface area contributed by atoms with Crippen LogP contribution in [0.25, 0.3) is 0 Å². The number of nitrogens with one attached hydrogen (secondary N) is 2. The highest BCUT2D eigenvalue weighted by Gasteiger charge is 2.02. The average Bonchev–Trinajstić information content (AvgIpc) is 2.37. The van der Waals surface area contributed by atoms with E-state index in [1.807, 2.05) is 19.4 Å². The van der Waals surface area contributed by atoms with E-state index in [0.717, 1.165) is 36.2 Å². The predicted molar refractivity (Wildman–Crippen MR) is 74.9 cm³/mol. The summed E-state index contributed by atoms with van der Waals surface area (Å²) in [6.07, 6.45) is 4.05. The van der Waals surface area contributed by atoms with E-state index in [9.17, 15) is 4.79 Å². The molecule has 1 aromatic rings. The molecule has 0 fully saturated rings. The van der Waals surface area contributed by atoms with Crippen molar-refractivity contribution < 1.29 is 4.79 Å². The van der Waals surface area contributed by atoms with Gasteiger partial charge in [-0.3, -0.25) is 4.79 Å². The van der Waals surface area contributed by atoms with Gasteiger partial charge in [-0.15, -0.1) is 0 Å². The second-order valence-electron chi connectivity index (χ2n) is 3.73. The average molecular weight is 269 g/mol. The lowest BCUT2D eigenvalue weighted by Crippen LogP contribution is -2.11. The van der Waals surface area contributed by atoms with Gasteiger partial charge in [0, 0.05) is 26.1 Å². The van der Waals surface area contributed by atoms with Gasteiger partial charge in [-0.1, -0.05) is 11.8 Å². The third-order valence-corrected chi connectivity index (χ3v) is 2.85. The van der Waals surface area contributed by atoms with Crippen LogP contribution in [0, 0.1) is 0 Å². The Labute approximate surface area is 111 Å². The number of rotatable bonds is 8. The van der Waals surface area contributed by atoms with Gasteiger partial charge in [-0.25, -0.2) is 9.97 Å². The zero-order chi connectivity index (χ0) is 13.4. The van der Waals surface area contributed by atoms with E-state index in [4.69, 9.17) is 5.73 Å². The lowest BCUT2D eigenvalue weighted by Gasteiger charge is -2.08. The maximum absolute atomic E-state index is 10.6. The van der Waals surface area contributed by atoms with Gasteiger partial charge < -0.3 is 16.4 Å². The molecule has 0 aromatic carbocycles. The van der Waals surface area contributed by atoms with E-state index >= 15 is 0 Å². The van der Waals surface area contributed by atoms with E-state index in [0.29, 0.717) is 6.42 Å². The molecule has 6 nitrogen and oxygen atoms in total. The third-order valence-electron chi connectivity index (χ3n) is 2.30. The van der Waals surface area contributed by atoms with Crippen LogP contribution in [-0.4, -0.2) is 35.7 Å². The first-order chi connectivity index (χ1) is 8.65. The van der Waals surface area contributed by atoms with Crippen molar-refractivity contribution >= 4 is 29.3 Å². The van der Waals surface area contributed by atoms with Gasteiger partial charge in [0.05, 0.1) is 0 Å². The Morgan fingerprint density at radius 3 is 2.72 bits per heavy atom. The second-order valence-corrected chi connectivity index (χ2v) is 4.50. The van der Waals surface area contributed by atoms with Crippen LogP contribution < -0.4 is 16.4 Å². The van der Waals surface area contributed by atoms with Gasteiger partial charge in [-0.05, 0) is 19.1 Å². The number of unbranched alkanes of at least 4 members (excludes halogenated alkanes) is 1. The number of hydrogen-bond donors (Lipinski definition) is 3. The van der Waals surface area contributed by atoms with Crippen LogP contribution in [0.3, 0.4) is 0 Å². The summed E-state index contributed by atoms with van der Waals surface area (Å²) >= 11 is 1.50. The van der Waals surface area contributed by atoms with Gasteiger partial charge in [0.25, 0.3) is 0 Å². The van der Waals surface area contributed by atoms with Gasteiger partial charge in [0.15, 0.2) is 5.16 Å². The molecule has 1 rings (SSSR count). The van der Waals surface area contributed by atoms with Gasteiger partial charge in [-0.2, -0.15) is 0 Å². The van der Waals surface area contributed by atoms with Crippen molar-refractivity contribution in [3.63, 3.8) is 0 Å². The molecule has 18 heavy (non-hydrogen) atoms. The molecule has 0 saturated heterocycles. The Morgan fingerprint density at radius 2 is 2.11 bits per heavy atom. The smallest absolute Gasteiger partial charge is 0.217 e. The molecule has 1 heterocycles. The first kappa shape index (κ1) is 14.6. The highest BCUT2D eigenvalue weighted by molar-refractivity contribution is 7.98. The summed E-state index contributed by atoms with van der Waals surface area (Å²) in [5.41, 5.74) is 5.07. The molecule has 1 aromatic heterocycles. The van der Waals surface area contributed by atoms with E-state index in [-0.39, 0.29) is 5.91 Å². The predicted octanol–water partition coefficient (Wildman–Crippen LogP) is 1.31. The van der Waals surface area contributed by atoms with E-state index in [2.05, 4.69) is 20.6 Å². The number of carbonyl (C=O) groups is 1. The lowest BCUT2D eigenvalue weighted by molar-refractivity contribution is -0.118. The van der Waals surface area contributed by atoms with Crippen LogP contribution in [-0.2, 0) is 4.79 Å². The number of carbonyl (C=O) groups excluding carboxylic acids is 1. The standard InChI is InChI=1S/C11H19N5OS/c1-13-9-7-10(16-11(15-9)18-2)14-6-4-3-5-8(12)17/h7H,3-6H2,1-2H3,(H2,12,17)(H2,13,14,15,16). The summed E-state index contributed by atoms with van der Waals surface area (Å²) in [4.78, 5) is 19.2. The number of anilines is 2. The largest absolute Gasteiger partial charge is 0.373 e. The molecule has 7 heteroatoms. The molecule has 0 unspecified atom stereocenters. The van der Waals surface area contributed by atoms with Gasteiger partial charge in [0.2, 0.25) is 5.91 Å². The molecule has 1 amide bonds. The van der Waals surface area contributed by atoms with Gasteiger partial charge >= 0.3 is 0 Å². The molecule has 4 N–H and O–H groups in total. The number of hydrogen-bond acceptors (Lipinski definition) is 6. The van der Waals surface area contributed by atoms with Crippen LogP contribution in [0.4, 0.5) is 11.6 Å². The van der Waals surface area contributed by atoms with Crippen molar-refractivity contribution in [1.29, 1.82) is 0 Å². The number of amides is 1. The molecule has 0 aliphatic carbocycles. The zero-order valence-corrected chi connectivity index (χ0v) is 11.5. The monoisotopic (exact) mass is 269 g/mol. The van der Waals surface area contributed by atoms with Crippen LogP contribution in [0.1, 0.15) is 19.3 Å². The van der Waals surface area contributed by atoms with Crippen molar-refractivity contribution in [2.75, 3.05) is 30.5 Å². The minimum atomic E-state index is -0.251. The molecule has 100 valence electrons. The quantitative estimate of drug-likeness (QED) is 0.374. The number of primary amides is 1. The molecular formula is C11H19N5OS. The summed E-state index contributed by atoms with van der Waals surface area (Å²) in [7, 11) is 1.82. The first-order valence-corrected chi connectivity index (χ1v) is 7.01. The fraction of sp³-hybridized carbons (Fsp3) is 0.545. The summed E-state index contributed by atoms with van der Waals surface area (Å²) in [5.74, 6) is 1.32. The molecular weight excluding hydrogens is 250 g/mol. The van der Waals surface area contributed by atoms with E-state index in [1.165, 1.54) is 11.8 Å². The van der Waals surface area contributed by atoms with Crippen molar-refractivity contribution in [2.45, 2.75) is 24.4 Å². The minimum Gasteiger partial charge on any atom is -0.373 e. The number of nitrogens with zero attached hydrogens (tertiary/aromatic N) is 2. The summed E-state index contributed by atoms with van der Waals surface area (Å²) < 4.78 is 0. The highest BCUT2D eigenvalue weighted by Crippen LogP contribution is 2.16. The highest BCUT2D eigenvalue weighted by atomic mass is 32.2. The number of aromatic nitrogens is 2. The Balaban J connectivity index is 2.43. The van der Waals surface area contributed by atoms with E-state index < -0.39 is 0 Å². The van der Waals surface area contributed by atoms with Crippen LogP contribution in [0.5, 0.6) is 0 Å². The zero-order valence-electron chi connectivity index (χ0n) is 10.7. The minimum absolute atomic E-state index is 0.251. The molecule has 0 radical (unpaired) electrons. The summed E-state index contributed by atoms with van der Waals surface area (Å²) in [5, 5.41) is 6.93. The van der Waals surface area contributed by atoms with Crippen LogP contribution in [0.2, 0.25) is 0 Å². The Bertz CT molecular complexity index is 377. The topological polar surface area (TPSA) is 92.9 Å². The number of thioether (sulfide) groups is 1. The Morgan fingerprint density at radius 1 is 1.39 bits per heavy atom. The molecule has 0 aliphatic rings. The summed E-state index contributed by atoms with van der Waals surface area (Å²) in [6, 6.07) is 1.85. The van der Waals surface area contributed by atoms with Crippen molar-refractivity contribution in [3.8, 4) is 0 Å². The normalized spacial score (nSPS) is 10.1. The number of nitrogens with two attached hydrogens (primary N) is 1. The molecule has 0 atom stereocenters. The van der Waals surface area contributed by atoms with Crippen LogP contribution in [0.15, 0.2) is 11.2 Å². The van der Waals surface area contributed by atoms with Crippen LogP contribution >= 0.6 is 11.8 Å².